The van der Waals surface area contributed by atoms with Crippen molar-refractivity contribution in [1.29, 1.82) is 0 Å². The van der Waals surface area contributed by atoms with Crippen molar-refractivity contribution in [2.24, 2.45) is 11.8 Å². The summed E-state index contributed by atoms with van der Waals surface area (Å²) in [5.74, 6) is -1.33. The molecule has 0 unspecified atom stereocenters. The first-order valence-electron chi connectivity index (χ1n) is 8.96. The van der Waals surface area contributed by atoms with E-state index in [-0.39, 0.29) is 24.0 Å². The summed E-state index contributed by atoms with van der Waals surface area (Å²) in [5.41, 5.74) is 0.400. The standard InChI is InChI=1S/C20H23NO4/c1-3-11-24-19(23)16-15-9-10-20(25-15)12-21(18(22)17(16)20)13(2)14-7-5-4-6-8-14/h4-10,13,15-17H,3,11-12H2,1-2H3/t13-,15+,16-,17+,20-/m0/s1. The minimum atomic E-state index is -0.680. The Hall–Kier alpha value is -2.14. The molecule has 0 aromatic heterocycles. The zero-order chi connectivity index (χ0) is 17.6. The molecule has 2 saturated heterocycles. The van der Waals surface area contributed by atoms with Crippen LogP contribution in [0.3, 0.4) is 0 Å². The van der Waals surface area contributed by atoms with Crippen molar-refractivity contribution in [1.82, 2.24) is 4.90 Å². The van der Waals surface area contributed by atoms with Gasteiger partial charge in [-0.3, -0.25) is 9.59 Å². The molecule has 4 rings (SSSR count). The Labute approximate surface area is 147 Å². The molecule has 2 bridgehead atoms. The Bertz CT molecular complexity index is 716. The lowest BCUT2D eigenvalue weighted by Crippen LogP contribution is -2.40. The summed E-state index contributed by atoms with van der Waals surface area (Å²) in [5, 5.41) is 0. The second-order valence-corrected chi connectivity index (χ2v) is 7.12. The van der Waals surface area contributed by atoms with Crippen LogP contribution in [-0.2, 0) is 19.1 Å². The number of esters is 1. The van der Waals surface area contributed by atoms with Gasteiger partial charge in [-0.25, -0.2) is 0 Å². The lowest BCUT2D eigenvalue weighted by molar-refractivity contribution is -0.154. The van der Waals surface area contributed by atoms with E-state index in [2.05, 4.69) is 0 Å². The van der Waals surface area contributed by atoms with Gasteiger partial charge in [0.25, 0.3) is 0 Å². The molecule has 0 N–H and O–H groups in total. The van der Waals surface area contributed by atoms with E-state index in [4.69, 9.17) is 9.47 Å². The van der Waals surface area contributed by atoms with E-state index in [9.17, 15) is 9.59 Å². The van der Waals surface area contributed by atoms with Crippen molar-refractivity contribution in [3.63, 3.8) is 0 Å². The van der Waals surface area contributed by atoms with Gasteiger partial charge in [0.1, 0.15) is 11.5 Å². The second kappa shape index (κ2) is 5.99. The van der Waals surface area contributed by atoms with Crippen molar-refractivity contribution in [3.05, 3.63) is 48.0 Å². The number of ether oxygens (including phenoxy) is 2. The molecule has 3 aliphatic rings. The number of carbonyl (C=O) groups is 2. The quantitative estimate of drug-likeness (QED) is 0.610. The number of likely N-dealkylation sites (tertiary alicyclic amines) is 1. The van der Waals surface area contributed by atoms with Crippen molar-refractivity contribution in [2.45, 2.75) is 38.0 Å². The summed E-state index contributed by atoms with van der Waals surface area (Å²) < 4.78 is 11.4. The fourth-order valence-corrected chi connectivity index (χ4v) is 4.34. The molecule has 1 spiro atoms. The molecule has 2 fully saturated rings. The summed E-state index contributed by atoms with van der Waals surface area (Å²) >= 11 is 0. The fraction of sp³-hybridized carbons (Fsp3) is 0.500. The van der Waals surface area contributed by atoms with Crippen LogP contribution in [-0.4, -0.2) is 41.6 Å². The Morgan fingerprint density at radius 2 is 2.16 bits per heavy atom. The normalized spacial score (nSPS) is 33.6. The van der Waals surface area contributed by atoms with Gasteiger partial charge in [0.2, 0.25) is 5.91 Å². The monoisotopic (exact) mass is 341 g/mol. The van der Waals surface area contributed by atoms with Crippen LogP contribution in [0.4, 0.5) is 0 Å². The van der Waals surface area contributed by atoms with E-state index in [1.165, 1.54) is 0 Å². The SMILES string of the molecule is CCCOC(=O)[C@H]1[C@H]2C=C[C@@]3(CN([C@@H](C)c4ccccc4)C(=O)[C@@H]13)O2. The highest BCUT2D eigenvalue weighted by Gasteiger charge is 2.67. The highest BCUT2D eigenvalue weighted by molar-refractivity contribution is 5.91. The van der Waals surface area contributed by atoms with Gasteiger partial charge in [0, 0.05) is 0 Å². The molecule has 25 heavy (non-hydrogen) atoms. The van der Waals surface area contributed by atoms with E-state index in [0.29, 0.717) is 13.2 Å². The number of fused-ring (bicyclic) bond motifs is 1. The molecule has 132 valence electrons. The first-order valence-corrected chi connectivity index (χ1v) is 8.96. The van der Waals surface area contributed by atoms with Gasteiger partial charge in [-0.05, 0) is 18.9 Å². The largest absolute Gasteiger partial charge is 0.465 e. The third kappa shape index (κ3) is 2.41. The van der Waals surface area contributed by atoms with Crippen molar-refractivity contribution in [3.8, 4) is 0 Å². The van der Waals surface area contributed by atoms with Gasteiger partial charge in [-0.1, -0.05) is 49.4 Å². The number of hydrogen-bond acceptors (Lipinski definition) is 4. The van der Waals surface area contributed by atoms with Gasteiger partial charge in [-0.2, -0.15) is 0 Å². The van der Waals surface area contributed by atoms with Gasteiger partial charge in [0.15, 0.2) is 0 Å². The topological polar surface area (TPSA) is 55.8 Å². The van der Waals surface area contributed by atoms with Crippen LogP contribution in [0.5, 0.6) is 0 Å². The summed E-state index contributed by atoms with van der Waals surface area (Å²) in [6.45, 7) is 4.84. The number of hydrogen-bond donors (Lipinski definition) is 0. The maximum atomic E-state index is 13.2. The minimum absolute atomic E-state index is 0.0124. The summed E-state index contributed by atoms with van der Waals surface area (Å²) in [4.78, 5) is 27.5. The number of amides is 1. The average Bonchev–Trinajstić information content (AvgIpc) is 3.28. The van der Waals surface area contributed by atoms with Gasteiger partial charge < -0.3 is 14.4 Å². The second-order valence-electron chi connectivity index (χ2n) is 7.12. The maximum Gasteiger partial charge on any atom is 0.312 e. The predicted octanol–water partition coefficient (Wildman–Crippen LogP) is 2.48. The Morgan fingerprint density at radius 3 is 2.88 bits per heavy atom. The zero-order valence-corrected chi connectivity index (χ0v) is 14.6. The molecule has 0 radical (unpaired) electrons. The molecule has 1 aromatic carbocycles. The molecule has 1 amide bonds. The van der Waals surface area contributed by atoms with Crippen molar-refractivity contribution < 1.29 is 19.1 Å². The molecular weight excluding hydrogens is 318 g/mol. The molecule has 0 aliphatic carbocycles. The Balaban J connectivity index is 1.60. The number of nitrogens with zero attached hydrogens (tertiary/aromatic N) is 1. The van der Waals surface area contributed by atoms with Gasteiger partial charge >= 0.3 is 5.97 Å². The molecular formula is C20H23NO4. The molecule has 3 aliphatic heterocycles. The number of benzene rings is 1. The predicted molar refractivity (Wildman–Crippen MR) is 91.5 cm³/mol. The number of rotatable bonds is 5. The zero-order valence-electron chi connectivity index (χ0n) is 14.6. The first-order chi connectivity index (χ1) is 12.1. The van der Waals surface area contributed by atoms with Crippen LogP contribution in [0.25, 0.3) is 0 Å². The number of carbonyl (C=O) groups excluding carboxylic acids is 2. The average molecular weight is 341 g/mol. The molecule has 5 nitrogen and oxygen atoms in total. The van der Waals surface area contributed by atoms with E-state index in [1.807, 2.05) is 61.2 Å². The van der Waals surface area contributed by atoms with Crippen LogP contribution < -0.4 is 0 Å². The highest BCUT2D eigenvalue weighted by Crippen LogP contribution is 2.53. The minimum Gasteiger partial charge on any atom is -0.465 e. The highest BCUT2D eigenvalue weighted by atomic mass is 16.6. The molecule has 1 aromatic rings. The molecule has 0 saturated carbocycles. The Kier molecular flexibility index (Phi) is 3.91. The molecule has 5 atom stereocenters. The van der Waals surface area contributed by atoms with Crippen LogP contribution >= 0.6 is 0 Å². The smallest absolute Gasteiger partial charge is 0.312 e. The van der Waals surface area contributed by atoms with Crippen molar-refractivity contribution in [2.75, 3.05) is 13.2 Å². The first kappa shape index (κ1) is 16.3. The third-order valence-electron chi connectivity index (χ3n) is 5.60. The van der Waals surface area contributed by atoms with E-state index in [1.54, 1.807) is 0 Å². The van der Waals surface area contributed by atoms with Crippen LogP contribution in [0, 0.1) is 11.8 Å². The molecule has 5 heteroatoms. The van der Waals surface area contributed by atoms with Gasteiger partial charge in [0.05, 0.1) is 31.2 Å². The van der Waals surface area contributed by atoms with E-state index >= 15 is 0 Å². The van der Waals surface area contributed by atoms with E-state index in [0.717, 1.165) is 12.0 Å². The fourth-order valence-electron chi connectivity index (χ4n) is 4.34. The van der Waals surface area contributed by atoms with Crippen molar-refractivity contribution >= 4 is 11.9 Å². The summed E-state index contributed by atoms with van der Waals surface area (Å²) in [7, 11) is 0. The van der Waals surface area contributed by atoms with Crippen LogP contribution in [0.2, 0.25) is 0 Å². The summed E-state index contributed by atoms with van der Waals surface area (Å²) in [6.07, 6.45) is 4.31. The summed E-state index contributed by atoms with van der Waals surface area (Å²) in [6, 6.07) is 9.88. The Morgan fingerprint density at radius 1 is 1.40 bits per heavy atom. The third-order valence-corrected chi connectivity index (χ3v) is 5.60. The van der Waals surface area contributed by atoms with Crippen LogP contribution in [0.15, 0.2) is 42.5 Å². The van der Waals surface area contributed by atoms with Crippen LogP contribution in [0.1, 0.15) is 31.9 Å². The van der Waals surface area contributed by atoms with E-state index < -0.39 is 17.4 Å². The molecule has 3 heterocycles. The lowest BCUT2D eigenvalue weighted by Gasteiger charge is -2.27. The lowest BCUT2D eigenvalue weighted by atomic mass is 9.77. The maximum absolute atomic E-state index is 13.2. The van der Waals surface area contributed by atoms with Gasteiger partial charge in [-0.15, -0.1) is 0 Å².